The molecule has 9 heteroatoms. The molecule has 158 valence electrons. The molecule has 2 N–H and O–H groups in total. The minimum atomic E-state index is -3.66. The van der Waals surface area contributed by atoms with Gasteiger partial charge in [-0.15, -0.1) is 0 Å². The van der Waals surface area contributed by atoms with Crippen molar-refractivity contribution >= 4 is 27.5 Å². The molecule has 0 spiro atoms. The molecule has 1 aromatic rings. The molecule has 8 nitrogen and oxygen atoms in total. The van der Waals surface area contributed by atoms with Crippen LogP contribution in [0.15, 0.2) is 23.1 Å². The first kappa shape index (κ1) is 20.2. The summed E-state index contributed by atoms with van der Waals surface area (Å²) in [5.41, 5.74) is 0.419. The molecule has 29 heavy (non-hydrogen) atoms. The van der Waals surface area contributed by atoms with Gasteiger partial charge in [0.05, 0.1) is 10.6 Å². The van der Waals surface area contributed by atoms with Crippen LogP contribution in [0.25, 0.3) is 0 Å². The third kappa shape index (κ3) is 4.56. The van der Waals surface area contributed by atoms with Crippen molar-refractivity contribution in [2.45, 2.75) is 68.3 Å². The van der Waals surface area contributed by atoms with Gasteiger partial charge in [-0.3, -0.25) is 14.5 Å². The summed E-state index contributed by atoms with van der Waals surface area (Å²) in [6, 6.07) is 4.57. The van der Waals surface area contributed by atoms with E-state index in [9.17, 15) is 18.0 Å². The number of hydrogen-bond acceptors (Lipinski definition) is 5. The van der Waals surface area contributed by atoms with Gasteiger partial charge >= 0.3 is 0 Å². The molecule has 0 aromatic heterocycles. The van der Waals surface area contributed by atoms with Crippen molar-refractivity contribution in [3.05, 3.63) is 18.2 Å². The zero-order chi connectivity index (χ0) is 20.4. The summed E-state index contributed by atoms with van der Waals surface area (Å²) in [6.07, 6.45) is 7.90. The lowest BCUT2D eigenvalue weighted by atomic mass is 10.2. The molecule has 2 fully saturated rings. The number of carbonyl (C=O) groups excluding carboxylic acids is 2. The predicted octanol–water partition coefficient (Wildman–Crippen LogP) is 1.69. The molecule has 2 saturated carbocycles. The third-order valence-electron chi connectivity index (χ3n) is 5.88. The summed E-state index contributed by atoms with van der Waals surface area (Å²) in [4.78, 5) is 26.2. The molecular weight excluding hydrogens is 394 g/mol. The van der Waals surface area contributed by atoms with E-state index < -0.39 is 10.0 Å². The van der Waals surface area contributed by atoms with Gasteiger partial charge in [0.2, 0.25) is 15.9 Å². The van der Waals surface area contributed by atoms with Crippen molar-refractivity contribution in [2.24, 2.45) is 0 Å². The van der Waals surface area contributed by atoms with Gasteiger partial charge in [0, 0.05) is 18.2 Å². The van der Waals surface area contributed by atoms with Gasteiger partial charge in [-0.05, 0) is 37.8 Å². The van der Waals surface area contributed by atoms with Crippen LogP contribution in [0.4, 0.5) is 5.69 Å². The number of nitrogens with zero attached hydrogens (tertiary/aromatic N) is 1. The van der Waals surface area contributed by atoms with Crippen LogP contribution in [-0.4, -0.2) is 45.5 Å². The van der Waals surface area contributed by atoms with Crippen molar-refractivity contribution < 1.29 is 22.7 Å². The lowest BCUT2D eigenvalue weighted by Crippen LogP contribution is -2.47. The van der Waals surface area contributed by atoms with E-state index in [0.29, 0.717) is 11.4 Å². The minimum Gasteiger partial charge on any atom is -0.482 e. The lowest BCUT2D eigenvalue weighted by molar-refractivity contribution is -0.125. The van der Waals surface area contributed by atoms with Crippen LogP contribution >= 0.6 is 0 Å². The Balaban J connectivity index is 1.49. The highest BCUT2D eigenvalue weighted by molar-refractivity contribution is 7.89. The molecule has 1 aromatic carbocycles. The van der Waals surface area contributed by atoms with Crippen LogP contribution in [0, 0.1) is 0 Å². The number of nitrogens with one attached hydrogen (secondary N) is 2. The van der Waals surface area contributed by atoms with E-state index in [1.165, 1.54) is 17.0 Å². The number of hydrogen-bond donors (Lipinski definition) is 2. The highest BCUT2D eigenvalue weighted by atomic mass is 32.2. The van der Waals surface area contributed by atoms with Gasteiger partial charge in [0.25, 0.3) is 5.91 Å². The highest BCUT2D eigenvalue weighted by Gasteiger charge is 2.30. The SMILES string of the molecule is O=C(CN1C(=O)COc2cc(S(=O)(=O)NC3CCCC3)ccc21)NC1CCCC1. The number of benzene rings is 1. The van der Waals surface area contributed by atoms with Gasteiger partial charge in [0.1, 0.15) is 12.3 Å². The number of fused-ring (bicyclic) bond motifs is 1. The fourth-order valence-electron chi connectivity index (χ4n) is 4.34. The van der Waals surface area contributed by atoms with Crippen LogP contribution in [0.2, 0.25) is 0 Å². The standard InChI is InChI=1S/C20H27N3O5S/c24-19(21-14-5-1-2-6-14)12-23-17-10-9-16(11-18(17)28-13-20(23)25)29(26,27)22-15-7-3-4-8-15/h9-11,14-15,22H,1-8,12-13H2,(H,21,24). The maximum absolute atomic E-state index is 12.7. The third-order valence-corrected chi connectivity index (χ3v) is 7.40. The first-order valence-corrected chi connectivity index (χ1v) is 11.8. The maximum atomic E-state index is 12.7. The smallest absolute Gasteiger partial charge is 0.265 e. The molecule has 0 bridgehead atoms. The average molecular weight is 422 g/mol. The molecule has 0 radical (unpaired) electrons. The van der Waals surface area contributed by atoms with Crippen LogP contribution in [0.3, 0.4) is 0 Å². The van der Waals surface area contributed by atoms with Crippen LogP contribution in [0.1, 0.15) is 51.4 Å². The predicted molar refractivity (Wildman–Crippen MR) is 107 cm³/mol. The second-order valence-electron chi connectivity index (χ2n) is 8.05. The van der Waals surface area contributed by atoms with Gasteiger partial charge in [0.15, 0.2) is 6.61 Å². The zero-order valence-corrected chi connectivity index (χ0v) is 17.2. The van der Waals surface area contributed by atoms with E-state index in [2.05, 4.69) is 10.0 Å². The summed E-state index contributed by atoms with van der Waals surface area (Å²) >= 11 is 0. The van der Waals surface area contributed by atoms with Gasteiger partial charge in [-0.25, -0.2) is 13.1 Å². The fraction of sp³-hybridized carbons (Fsp3) is 0.600. The second-order valence-corrected chi connectivity index (χ2v) is 9.76. The van der Waals surface area contributed by atoms with Crippen LogP contribution in [0.5, 0.6) is 5.75 Å². The van der Waals surface area contributed by atoms with Crippen LogP contribution < -0.4 is 19.7 Å². The summed E-state index contributed by atoms with van der Waals surface area (Å²) in [7, 11) is -3.66. The van der Waals surface area contributed by atoms with E-state index in [1.807, 2.05) is 0 Å². The average Bonchev–Trinajstić information content (AvgIpc) is 3.37. The molecule has 2 aliphatic carbocycles. The quantitative estimate of drug-likeness (QED) is 0.727. The van der Waals surface area contributed by atoms with Gasteiger partial charge in [-0.2, -0.15) is 0 Å². The Hall–Kier alpha value is -2.13. The molecule has 0 saturated heterocycles. The number of amides is 2. The van der Waals surface area contributed by atoms with Gasteiger partial charge < -0.3 is 10.1 Å². The van der Waals surface area contributed by atoms with E-state index in [4.69, 9.17) is 4.74 Å². The Morgan fingerprint density at radius 2 is 1.72 bits per heavy atom. The second kappa shape index (κ2) is 8.31. The first-order valence-electron chi connectivity index (χ1n) is 10.3. The fourth-order valence-corrected chi connectivity index (χ4v) is 5.66. The van der Waals surface area contributed by atoms with Crippen molar-refractivity contribution in [1.29, 1.82) is 0 Å². The summed E-state index contributed by atoms with van der Waals surface area (Å²) in [6.45, 7) is -0.318. The summed E-state index contributed by atoms with van der Waals surface area (Å²) in [5, 5.41) is 2.97. The Morgan fingerprint density at radius 1 is 1.07 bits per heavy atom. The van der Waals surface area contributed by atoms with Crippen molar-refractivity contribution in [3.8, 4) is 5.75 Å². The Bertz CT molecular complexity index is 889. The summed E-state index contributed by atoms with van der Waals surface area (Å²) < 4.78 is 33.6. The molecule has 0 atom stereocenters. The monoisotopic (exact) mass is 421 g/mol. The van der Waals surface area contributed by atoms with Crippen molar-refractivity contribution in [1.82, 2.24) is 10.0 Å². The van der Waals surface area contributed by atoms with Crippen molar-refractivity contribution in [2.75, 3.05) is 18.1 Å². The van der Waals surface area contributed by atoms with E-state index in [0.717, 1.165) is 51.4 Å². The molecule has 1 aliphatic heterocycles. The van der Waals surface area contributed by atoms with Gasteiger partial charge in [-0.1, -0.05) is 25.7 Å². The molecule has 3 aliphatic rings. The number of carbonyl (C=O) groups is 2. The molecule has 1 heterocycles. The lowest BCUT2D eigenvalue weighted by Gasteiger charge is -2.29. The van der Waals surface area contributed by atoms with Crippen LogP contribution in [-0.2, 0) is 19.6 Å². The molecular formula is C20H27N3O5S. The van der Waals surface area contributed by atoms with E-state index >= 15 is 0 Å². The molecule has 4 rings (SSSR count). The Labute approximate surface area is 171 Å². The molecule has 2 amide bonds. The largest absolute Gasteiger partial charge is 0.482 e. The Kier molecular flexibility index (Phi) is 5.78. The Morgan fingerprint density at radius 3 is 2.41 bits per heavy atom. The van der Waals surface area contributed by atoms with Crippen molar-refractivity contribution in [3.63, 3.8) is 0 Å². The zero-order valence-electron chi connectivity index (χ0n) is 16.4. The first-order chi connectivity index (χ1) is 13.9. The highest BCUT2D eigenvalue weighted by Crippen LogP contribution is 2.34. The van der Waals surface area contributed by atoms with E-state index in [-0.39, 0.29) is 41.9 Å². The summed E-state index contributed by atoms with van der Waals surface area (Å²) in [5.74, 6) is -0.232. The minimum absolute atomic E-state index is 0.0330. The topological polar surface area (TPSA) is 105 Å². The normalized spacial score (nSPS) is 20.6. The number of sulfonamides is 1. The molecule has 0 unspecified atom stereocenters. The number of ether oxygens (including phenoxy) is 1. The maximum Gasteiger partial charge on any atom is 0.265 e. The van der Waals surface area contributed by atoms with E-state index in [1.54, 1.807) is 6.07 Å². The number of rotatable bonds is 6. The number of anilines is 1.